The first kappa shape index (κ1) is 19.5. The molecule has 1 aliphatic rings. The van der Waals surface area contributed by atoms with Gasteiger partial charge in [0.25, 0.3) is 5.56 Å². The summed E-state index contributed by atoms with van der Waals surface area (Å²) in [4.78, 5) is 36.3. The molecule has 0 saturated heterocycles. The molecule has 0 atom stereocenters. The zero-order valence-electron chi connectivity index (χ0n) is 16.9. The van der Waals surface area contributed by atoms with E-state index in [0.29, 0.717) is 17.9 Å². The summed E-state index contributed by atoms with van der Waals surface area (Å²) >= 11 is 1.65. The van der Waals surface area contributed by atoms with Crippen LogP contribution in [-0.4, -0.2) is 43.5 Å². The van der Waals surface area contributed by atoms with Gasteiger partial charge in [-0.15, -0.1) is 11.3 Å². The maximum atomic E-state index is 12.7. The number of benzene rings is 1. The number of nitrogens with one attached hydrogen (secondary N) is 1. The maximum Gasteiger partial charge on any atom is 0.255 e. The predicted molar refractivity (Wildman–Crippen MR) is 118 cm³/mol. The van der Waals surface area contributed by atoms with Crippen LogP contribution in [0.15, 0.2) is 54.0 Å². The summed E-state index contributed by atoms with van der Waals surface area (Å²) in [7, 11) is 1.67. The van der Waals surface area contributed by atoms with Gasteiger partial charge in [-0.3, -0.25) is 9.69 Å². The monoisotopic (exact) mass is 432 g/mol. The number of hydrogen-bond donors (Lipinski definition) is 1. The molecule has 0 unspecified atom stereocenters. The van der Waals surface area contributed by atoms with Crippen LogP contribution >= 0.6 is 11.3 Å². The van der Waals surface area contributed by atoms with E-state index in [1.165, 1.54) is 6.33 Å². The second-order valence-corrected chi connectivity index (χ2v) is 8.37. The quantitative estimate of drug-likeness (QED) is 0.518. The summed E-state index contributed by atoms with van der Waals surface area (Å²) in [6.45, 7) is 2.13. The number of thiazole rings is 1. The lowest BCUT2D eigenvalue weighted by Gasteiger charge is -2.27. The van der Waals surface area contributed by atoms with Gasteiger partial charge in [-0.05, 0) is 12.1 Å². The number of nitrogens with zero attached hydrogens (tertiary/aromatic N) is 5. The van der Waals surface area contributed by atoms with Gasteiger partial charge in [-0.1, -0.05) is 12.1 Å². The normalized spacial score (nSPS) is 13.7. The molecule has 0 fully saturated rings. The third-order valence-electron chi connectivity index (χ3n) is 5.25. The molecule has 9 heteroatoms. The zero-order chi connectivity index (χ0) is 21.2. The highest BCUT2D eigenvalue weighted by Gasteiger charge is 2.22. The van der Waals surface area contributed by atoms with Gasteiger partial charge in [0.2, 0.25) is 0 Å². The molecule has 31 heavy (non-hydrogen) atoms. The smallest absolute Gasteiger partial charge is 0.255 e. The molecule has 156 valence electrons. The fourth-order valence-electron chi connectivity index (χ4n) is 3.72. The van der Waals surface area contributed by atoms with Gasteiger partial charge < -0.3 is 9.72 Å². The van der Waals surface area contributed by atoms with Crippen LogP contribution in [0.25, 0.3) is 22.0 Å². The molecule has 0 amide bonds. The van der Waals surface area contributed by atoms with E-state index in [1.54, 1.807) is 30.8 Å². The maximum absolute atomic E-state index is 12.7. The Balaban J connectivity index is 1.34. The number of aromatic nitrogens is 5. The Labute approximate surface area is 182 Å². The molecule has 4 heterocycles. The van der Waals surface area contributed by atoms with Crippen molar-refractivity contribution in [2.75, 3.05) is 13.7 Å². The van der Waals surface area contributed by atoms with Gasteiger partial charge in [0.1, 0.15) is 22.9 Å². The Kier molecular flexibility index (Phi) is 5.27. The highest BCUT2D eigenvalue weighted by Crippen LogP contribution is 2.33. The number of hydrogen-bond acceptors (Lipinski definition) is 8. The SMILES string of the molecule is COc1ccccc1-c1ncc(CN2CCc3nc(-c4cncnc4)[nH]c(=O)c3C2)s1. The van der Waals surface area contributed by atoms with Crippen molar-refractivity contribution in [2.24, 2.45) is 0 Å². The van der Waals surface area contributed by atoms with Crippen LogP contribution < -0.4 is 10.3 Å². The molecule has 8 nitrogen and oxygen atoms in total. The molecular formula is C22H20N6O2S. The van der Waals surface area contributed by atoms with Crippen molar-refractivity contribution >= 4 is 11.3 Å². The van der Waals surface area contributed by atoms with Crippen molar-refractivity contribution in [3.63, 3.8) is 0 Å². The Hall–Kier alpha value is -3.43. The highest BCUT2D eigenvalue weighted by molar-refractivity contribution is 7.15. The Morgan fingerprint density at radius 1 is 1.19 bits per heavy atom. The van der Waals surface area contributed by atoms with Crippen LogP contribution in [0.3, 0.4) is 0 Å². The fraction of sp³-hybridized carbons (Fsp3) is 0.227. The first-order valence-electron chi connectivity index (χ1n) is 9.89. The topological polar surface area (TPSA) is 96.9 Å². The van der Waals surface area contributed by atoms with Crippen LogP contribution in [0.2, 0.25) is 0 Å². The summed E-state index contributed by atoms with van der Waals surface area (Å²) in [6.07, 6.45) is 7.38. The lowest BCUT2D eigenvalue weighted by Crippen LogP contribution is -2.35. The summed E-state index contributed by atoms with van der Waals surface area (Å²) < 4.78 is 5.46. The number of H-pyrrole nitrogens is 1. The molecule has 3 aromatic heterocycles. The summed E-state index contributed by atoms with van der Waals surface area (Å²) in [5, 5.41) is 0.930. The molecular weight excluding hydrogens is 412 g/mol. The van der Waals surface area contributed by atoms with Crippen LogP contribution in [0.1, 0.15) is 16.1 Å². The zero-order valence-corrected chi connectivity index (χ0v) is 17.7. The van der Waals surface area contributed by atoms with Gasteiger partial charge in [0, 0.05) is 49.5 Å². The summed E-state index contributed by atoms with van der Waals surface area (Å²) in [6, 6.07) is 7.88. The minimum Gasteiger partial charge on any atom is -0.496 e. The Morgan fingerprint density at radius 3 is 2.87 bits per heavy atom. The van der Waals surface area contributed by atoms with Crippen molar-refractivity contribution < 1.29 is 4.74 Å². The average Bonchev–Trinajstić information content (AvgIpc) is 3.28. The van der Waals surface area contributed by atoms with E-state index >= 15 is 0 Å². The van der Waals surface area contributed by atoms with E-state index in [9.17, 15) is 4.79 Å². The second kappa shape index (κ2) is 8.37. The van der Waals surface area contributed by atoms with Crippen molar-refractivity contribution in [1.82, 2.24) is 29.8 Å². The van der Waals surface area contributed by atoms with E-state index < -0.39 is 0 Å². The molecule has 0 spiro atoms. The number of para-hydroxylation sites is 1. The van der Waals surface area contributed by atoms with E-state index in [0.717, 1.165) is 52.0 Å². The van der Waals surface area contributed by atoms with Crippen LogP contribution in [0, 0.1) is 0 Å². The fourth-order valence-corrected chi connectivity index (χ4v) is 4.71. The first-order valence-corrected chi connectivity index (χ1v) is 10.7. The van der Waals surface area contributed by atoms with Crippen LogP contribution in [-0.2, 0) is 19.5 Å². The standard InChI is InChI=1S/C22H20N6O2S/c1-30-19-5-3-2-4-16(19)22-25-10-15(31-22)11-28-7-6-18-17(12-28)21(29)27-20(26-18)14-8-23-13-24-9-14/h2-5,8-10,13H,6-7,11-12H2,1H3,(H,26,27,29). The number of methoxy groups -OCH3 is 1. The highest BCUT2D eigenvalue weighted by atomic mass is 32.1. The van der Waals surface area contributed by atoms with Crippen LogP contribution in [0.4, 0.5) is 0 Å². The van der Waals surface area contributed by atoms with Gasteiger partial charge in [0.05, 0.1) is 29.5 Å². The molecule has 1 N–H and O–H groups in total. The van der Waals surface area contributed by atoms with Crippen molar-refractivity contribution in [2.45, 2.75) is 19.5 Å². The Morgan fingerprint density at radius 2 is 2.03 bits per heavy atom. The van der Waals surface area contributed by atoms with E-state index in [4.69, 9.17) is 4.74 Å². The molecule has 5 rings (SSSR count). The third kappa shape index (κ3) is 3.97. The third-order valence-corrected chi connectivity index (χ3v) is 6.27. The van der Waals surface area contributed by atoms with Crippen molar-refractivity contribution in [3.05, 3.63) is 75.7 Å². The van der Waals surface area contributed by atoms with Crippen LogP contribution in [0.5, 0.6) is 5.75 Å². The number of fused-ring (bicyclic) bond motifs is 1. The van der Waals surface area contributed by atoms with Gasteiger partial charge in [0.15, 0.2) is 0 Å². The van der Waals surface area contributed by atoms with E-state index in [-0.39, 0.29) is 5.56 Å². The molecule has 4 aromatic rings. The van der Waals surface area contributed by atoms with Gasteiger partial charge >= 0.3 is 0 Å². The number of ether oxygens (including phenoxy) is 1. The lowest BCUT2D eigenvalue weighted by atomic mass is 10.1. The second-order valence-electron chi connectivity index (χ2n) is 7.26. The molecule has 0 saturated carbocycles. The van der Waals surface area contributed by atoms with Crippen molar-refractivity contribution in [3.8, 4) is 27.7 Å². The van der Waals surface area contributed by atoms with E-state index in [1.807, 2.05) is 30.5 Å². The Bertz CT molecular complexity index is 1270. The summed E-state index contributed by atoms with van der Waals surface area (Å²) in [5.74, 6) is 1.33. The minimum atomic E-state index is -0.104. The molecule has 0 radical (unpaired) electrons. The molecule has 0 aliphatic carbocycles. The average molecular weight is 433 g/mol. The number of aromatic amines is 1. The minimum absolute atomic E-state index is 0.104. The number of rotatable bonds is 5. The predicted octanol–water partition coefficient (Wildman–Crippen LogP) is 2.92. The molecule has 0 bridgehead atoms. The largest absolute Gasteiger partial charge is 0.496 e. The van der Waals surface area contributed by atoms with Crippen molar-refractivity contribution in [1.29, 1.82) is 0 Å². The van der Waals surface area contributed by atoms with E-state index in [2.05, 4.69) is 29.8 Å². The first-order chi connectivity index (χ1) is 15.2. The molecule has 1 aromatic carbocycles. The van der Waals surface area contributed by atoms with Gasteiger partial charge in [-0.2, -0.15) is 0 Å². The van der Waals surface area contributed by atoms with Gasteiger partial charge in [-0.25, -0.2) is 19.9 Å². The lowest BCUT2D eigenvalue weighted by molar-refractivity contribution is 0.244. The summed E-state index contributed by atoms with van der Waals surface area (Å²) in [5.41, 5.74) is 3.16. The molecule has 1 aliphatic heterocycles.